The monoisotopic (exact) mass is 280 g/mol. The van der Waals surface area contributed by atoms with E-state index in [4.69, 9.17) is 4.74 Å². The highest BCUT2D eigenvalue weighted by Crippen LogP contribution is 2.36. The van der Waals surface area contributed by atoms with Crippen LogP contribution in [-0.2, 0) is 9.53 Å². The fraction of sp³-hybridized carbons (Fsp3) is 0.222. The van der Waals surface area contributed by atoms with Gasteiger partial charge in [0.15, 0.2) is 5.78 Å². The van der Waals surface area contributed by atoms with E-state index in [1.807, 2.05) is 48.5 Å². The number of benzene rings is 2. The van der Waals surface area contributed by atoms with Crippen molar-refractivity contribution >= 4 is 11.8 Å². The summed E-state index contributed by atoms with van der Waals surface area (Å²) in [7, 11) is 0. The van der Waals surface area contributed by atoms with Crippen molar-refractivity contribution in [2.45, 2.75) is 18.9 Å². The van der Waals surface area contributed by atoms with Crippen molar-refractivity contribution in [3.63, 3.8) is 0 Å². The first kappa shape index (κ1) is 13.6. The number of cyclic esters (lactones) is 1. The number of ether oxygens (including phenoxy) is 1. The van der Waals surface area contributed by atoms with Gasteiger partial charge in [0.1, 0.15) is 6.10 Å². The third kappa shape index (κ3) is 2.87. The van der Waals surface area contributed by atoms with Gasteiger partial charge in [-0.3, -0.25) is 9.59 Å². The maximum absolute atomic E-state index is 12.7. The molecule has 3 rings (SSSR count). The van der Waals surface area contributed by atoms with Crippen LogP contribution in [0.4, 0.5) is 0 Å². The van der Waals surface area contributed by atoms with E-state index in [-0.39, 0.29) is 17.7 Å². The molecule has 3 nitrogen and oxygen atoms in total. The Hall–Kier alpha value is -2.42. The van der Waals surface area contributed by atoms with E-state index in [2.05, 4.69) is 0 Å². The highest BCUT2D eigenvalue weighted by atomic mass is 16.5. The van der Waals surface area contributed by atoms with Crippen molar-refractivity contribution in [2.75, 3.05) is 0 Å². The van der Waals surface area contributed by atoms with E-state index in [1.165, 1.54) is 0 Å². The molecule has 1 fully saturated rings. The van der Waals surface area contributed by atoms with E-state index in [0.717, 1.165) is 5.56 Å². The van der Waals surface area contributed by atoms with Gasteiger partial charge >= 0.3 is 5.97 Å². The van der Waals surface area contributed by atoms with Crippen LogP contribution >= 0.6 is 0 Å². The normalized spacial score (nSPS) is 21.6. The van der Waals surface area contributed by atoms with Crippen LogP contribution in [0.5, 0.6) is 0 Å². The maximum Gasteiger partial charge on any atom is 0.306 e. The second-order valence-electron chi connectivity index (χ2n) is 5.20. The molecule has 3 heteroatoms. The van der Waals surface area contributed by atoms with Gasteiger partial charge in [0.2, 0.25) is 0 Å². The van der Waals surface area contributed by atoms with Crippen LogP contribution in [-0.4, -0.2) is 11.8 Å². The molecule has 1 aliphatic heterocycles. The van der Waals surface area contributed by atoms with Gasteiger partial charge in [0.05, 0.1) is 5.92 Å². The summed E-state index contributed by atoms with van der Waals surface area (Å²) in [6.45, 7) is 0. The summed E-state index contributed by atoms with van der Waals surface area (Å²) >= 11 is 0. The minimum atomic E-state index is -0.486. The molecule has 2 aromatic carbocycles. The molecule has 0 aliphatic carbocycles. The molecule has 0 aromatic heterocycles. The largest absolute Gasteiger partial charge is 0.457 e. The summed E-state index contributed by atoms with van der Waals surface area (Å²) in [5.41, 5.74) is 1.54. The Morgan fingerprint density at radius 3 is 2.24 bits per heavy atom. The van der Waals surface area contributed by atoms with Crippen LogP contribution in [0.2, 0.25) is 0 Å². The Labute approximate surface area is 123 Å². The van der Waals surface area contributed by atoms with Gasteiger partial charge in [-0.15, -0.1) is 0 Å². The van der Waals surface area contributed by atoms with Gasteiger partial charge in [0.25, 0.3) is 0 Å². The molecule has 1 saturated heterocycles. The van der Waals surface area contributed by atoms with E-state index in [9.17, 15) is 9.59 Å². The van der Waals surface area contributed by atoms with Gasteiger partial charge in [-0.05, 0) is 12.0 Å². The second-order valence-corrected chi connectivity index (χ2v) is 5.20. The summed E-state index contributed by atoms with van der Waals surface area (Å²) in [4.78, 5) is 24.3. The van der Waals surface area contributed by atoms with Gasteiger partial charge in [-0.1, -0.05) is 60.7 Å². The fourth-order valence-electron chi connectivity index (χ4n) is 2.74. The van der Waals surface area contributed by atoms with Gasteiger partial charge < -0.3 is 4.74 Å². The van der Waals surface area contributed by atoms with Crippen LogP contribution in [0.15, 0.2) is 60.7 Å². The zero-order valence-electron chi connectivity index (χ0n) is 11.6. The molecule has 0 bridgehead atoms. The fourth-order valence-corrected chi connectivity index (χ4v) is 2.74. The summed E-state index contributed by atoms with van der Waals surface area (Å²) in [6.07, 6.45) is 0.346. The molecule has 1 heterocycles. The van der Waals surface area contributed by atoms with E-state index in [1.54, 1.807) is 12.1 Å². The number of ketones is 1. The topological polar surface area (TPSA) is 43.4 Å². The zero-order valence-corrected chi connectivity index (χ0v) is 11.6. The predicted octanol–water partition coefficient (Wildman–Crippen LogP) is 3.56. The van der Waals surface area contributed by atoms with Crippen molar-refractivity contribution < 1.29 is 14.3 Å². The molecular formula is C18H16O3. The molecule has 0 N–H and O–H groups in total. The molecule has 1 aliphatic rings. The minimum absolute atomic E-state index is 0.0388. The Bertz CT molecular complexity index is 634. The molecular weight excluding hydrogens is 264 g/mol. The first-order chi connectivity index (χ1) is 10.3. The molecule has 0 unspecified atom stereocenters. The molecule has 2 atom stereocenters. The van der Waals surface area contributed by atoms with Crippen LogP contribution in [0, 0.1) is 5.92 Å². The van der Waals surface area contributed by atoms with Crippen LogP contribution in [0.1, 0.15) is 34.9 Å². The Morgan fingerprint density at radius 2 is 1.57 bits per heavy atom. The van der Waals surface area contributed by atoms with Crippen molar-refractivity contribution in [2.24, 2.45) is 5.92 Å². The van der Waals surface area contributed by atoms with Crippen molar-refractivity contribution in [3.8, 4) is 0 Å². The third-order valence-electron chi connectivity index (χ3n) is 3.81. The Kier molecular flexibility index (Phi) is 3.82. The first-order valence-electron chi connectivity index (χ1n) is 7.09. The van der Waals surface area contributed by atoms with Gasteiger partial charge in [-0.25, -0.2) is 0 Å². The Balaban J connectivity index is 1.91. The average Bonchev–Trinajstić information content (AvgIpc) is 2.56. The van der Waals surface area contributed by atoms with Crippen LogP contribution < -0.4 is 0 Å². The number of carbonyl (C=O) groups excluding carboxylic acids is 2. The minimum Gasteiger partial charge on any atom is -0.457 e. The molecule has 106 valence electrons. The van der Waals surface area contributed by atoms with Crippen LogP contribution in [0.25, 0.3) is 0 Å². The molecule has 0 saturated carbocycles. The number of Topliss-reactive ketones (excluding diaryl/α,β-unsaturated/α-hetero) is 1. The summed E-state index contributed by atoms with van der Waals surface area (Å²) < 4.78 is 5.47. The lowest BCUT2D eigenvalue weighted by atomic mass is 9.83. The van der Waals surface area contributed by atoms with Crippen molar-refractivity contribution in [3.05, 3.63) is 71.8 Å². The predicted molar refractivity (Wildman–Crippen MR) is 78.8 cm³/mol. The first-order valence-corrected chi connectivity index (χ1v) is 7.09. The Morgan fingerprint density at radius 1 is 0.952 bits per heavy atom. The van der Waals surface area contributed by atoms with Gasteiger partial charge in [0, 0.05) is 12.0 Å². The lowest BCUT2D eigenvalue weighted by molar-refractivity contribution is -0.157. The standard InChI is InChI=1S/C18H16O3/c19-16-12-11-15(17(20)13-7-3-1-4-8-13)18(21-16)14-9-5-2-6-10-14/h1-10,15,18H,11-12H2/t15-,18-/m0/s1. The third-order valence-corrected chi connectivity index (χ3v) is 3.81. The lowest BCUT2D eigenvalue weighted by Gasteiger charge is -2.30. The number of esters is 1. The maximum atomic E-state index is 12.7. The number of carbonyl (C=O) groups is 2. The summed E-state index contributed by atoms with van der Waals surface area (Å²) in [5.74, 6) is -0.509. The van der Waals surface area contributed by atoms with Crippen molar-refractivity contribution in [1.82, 2.24) is 0 Å². The molecule has 0 amide bonds. The van der Waals surface area contributed by atoms with Gasteiger partial charge in [-0.2, -0.15) is 0 Å². The summed E-state index contributed by atoms with van der Waals surface area (Å²) in [5, 5.41) is 0. The quantitative estimate of drug-likeness (QED) is 0.637. The molecule has 2 aromatic rings. The van der Waals surface area contributed by atoms with Crippen molar-refractivity contribution in [1.29, 1.82) is 0 Å². The second kappa shape index (κ2) is 5.92. The van der Waals surface area contributed by atoms with E-state index >= 15 is 0 Å². The zero-order chi connectivity index (χ0) is 14.7. The highest BCUT2D eigenvalue weighted by molar-refractivity contribution is 5.99. The SMILES string of the molecule is O=C1CC[C@@H](C(=O)c2ccccc2)[C@H](c2ccccc2)O1. The lowest BCUT2D eigenvalue weighted by Crippen LogP contribution is -2.31. The highest BCUT2D eigenvalue weighted by Gasteiger charge is 2.37. The molecule has 0 radical (unpaired) electrons. The number of hydrogen-bond acceptors (Lipinski definition) is 3. The average molecular weight is 280 g/mol. The van der Waals surface area contributed by atoms with E-state index in [0.29, 0.717) is 18.4 Å². The van der Waals surface area contributed by atoms with Crippen LogP contribution in [0.3, 0.4) is 0 Å². The molecule has 21 heavy (non-hydrogen) atoms. The summed E-state index contributed by atoms with van der Waals surface area (Å²) in [6, 6.07) is 18.7. The molecule has 0 spiro atoms. The smallest absolute Gasteiger partial charge is 0.306 e. The van der Waals surface area contributed by atoms with E-state index < -0.39 is 6.10 Å². The number of hydrogen-bond donors (Lipinski definition) is 0. The number of rotatable bonds is 3.